The first-order valence-electron chi connectivity index (χ1n) is 5.88. The second-order valence-corrected chi connectivity index (χ2v) is 5.01. The van der Waals surface area contributed by atoms with Gasteiger partial charge < -0.3 is 10.2 Å². The molecule has 1 N–H and O–H groups in total. The van der Waals surface area contributed by atoms with Crippen LogP contribution in [-0.4, -0.2) is 36.0 Å². The van der Waals surface area contributed by atoms with E-state index >= 15 is 0 Å². The number of rotatable bonds is 1. The minimum atomic E-state index is 0.0863. The molecule has 1 aromatic carbocycles. The predicted octanol–water partition coefficient (Wildman–Crippen LogP) is 2.16. The van der Waals surface area contributed by atoms with Crippen LogP contribution in [0, 0.1) is 0 Å². The van der Waals surface area contributed by atoms with E-state index in [-0.39, 0.29) is 18.0 Å². The van der Waals surface area contributed by atoms with E-state index in [0.29, 0.717) is 10.6 Å². The van der Waals surface area contributed by atoms with E-state index < -0.39 is 0 Å². The van der Waals surface area contributed by atoms with Crippen LogP contribution in [0.25, 0.3) is 0 Å². The van der Waals surface area contributed by atoms with Gasteiger partial charge in [0.15, 0.2) is 0 Å². The Bertz CT molecular complexity index is 394. The highest BCUT2D eigenvalue weighted by Crippen LogP contribution is 2.16. The highest BCUT2D eigenvalue weighted by Gasteiger charge is 2.29. The van der Waals surface area contributed by atoms with Crippen molar-refractivity contribution in [1.82, 2.24) is 10.2 Å². The maximum absolute atomic E-state index is 12.4. The molecule has 1 fully saturated rings. The highest BCUT2D eigenvalue weighted by molar-refractivity contribution is 6.30. The zero-order chi connectivity index (χ0) is 12.4. The van der Waals surface area contributed by atoms with Crippen LogP contribution in [-0.2, 0) is 0 Å². The molecule has 1 heterocycles. The van der Waals surface area contributed by atoms with E-state index in [9.17, 15) is 4.79 Å². The van der Waals surface area contributed by atoms with Gasteiger partial charge in [-0.1, -0.05) is 11.6 Å². The molecule has 3 nitrogen and oxygen atoms in total. The van der Waals surface area contributed by atoms with Gasteiger partial charge in [-0.15, -0.1) is 0 Å². The van der Waals surface area contributed by atoms with Crippen molar-refractivity contribution < 1.29 is 4.79 Å². The van der Waals surface area contributed by atoms with E-state index in [1.54, 1.807) is 24.3 Å². The summed E-state index contributed by atoms with van der Waals surface area (Å²) in [4.78, 5) is 14.3. The van der Waals surface area contributed by atoms with Crippen LogP contribution in [0.1, 0.15) is 24.2 Å². The third kappa shape index (κ3) is 2.61. The molecule has 2 unspecified atom stereocenters. The molecule has 1 aromatic rings. The van der Waals surface area contributed by atoms with Gasteiger partial charge in [-0.05, 0) is 38.1 Å². The molecule has 0 bridgehead atoms. The van der Waals surface area contributed by atoms with Crippen molar-refractivity contribution in [3.63, 3.8) is 0 Å². The number of amides is 1. The number of hydrogen-bond donors (Lipinski definition) is 1. The van der Waals surface area contributed by atoms with Gasteiger partial charge in [0.05, 0.1) is 0 Å². The lowest BCUT2D eigenvalue weighted by Gasteiger charge is -2.39. The van der Waals surface area contributed by atoms with Crippen LogP contribution in [0.4, 0.5) is 0 Å². The van der Waals surface area contributed by atoms with Gasteiger partial charge in [0.25, 0.3) is 5.91 Å². The number of nitrogens with one attached hydrogen (secondary N) is 1. The molecule has 0 aliphatic carbocycles. The monoisotopic (exact) mass is 252 g/mol. The summed E-state index contributed by atoms with van der Waals surface area (Å²) in [5.41, 5.74) is 0.704. The molecule has 0 spiro atoms. The van der Waals surface area contributed by atoms with Crippen molar-refractivity contribution in [2.45, 2.75) is 25.9 Å². The first-order valence-corrected chi connectivity index (χ1v) is 6.26. The fraction of sp³-hybridized carbons (Fsp3) is 0.462. The molecule has 0 aromatic heterocycles. The number of nitrogens with zero attached hydrogens (tertiary/aromatic N) is 1. The zero-order valence-corrected chi connectivity index (χ0v) is 10.9. The first-order chi connectivity index (χ1) is 8.09. The minimum absolute atomic E-state index is 0.0863. The van der Waals surface area contributed by atoms with Gasteiger partial charge in [-0.3, -0.25) is 4.79 Å². The second kappa shape index (κ2) is 5.07. The Labute approximate surface area is 107 Å². The number of benzene rings is 1. The summed E-state index contributed by atoms with van der Waals surface area (Å²) in [6.07, 6.45) is 0. The lowest BCUT2D eigenvalue weighted by atomic mass is 10.1. The lowest BCUT2D eigenvalue weighted by Crippen LogP contribution is -2.57. The number of halogens is 1. The average molecular weight is 253 g/mol. The molecule has 1 aliphatic heterocycles. The average Bonchev–Trinajstić information content (AvgIpc) is 2.29. The maximum atomic E-state index is 12.4. The van der Waals surface area contributed by atoms with Crippen molar-refractivity contribution >= 4 is 17.5 Å². The molecular formula is C13H17ClN2O. The van der Waals surface area contributed by atoms with Crippen molar-refractivity contribution in [3.8, 4) is 0 Å². The summed E-state index contributed by atoms with van der Waals surface area (Å²) in [5, 5.41) is 3.97. The summed E-state index contributed by atoms with van der Waals surface area (Å²) in [6, 6.07) is 7.53. The number of carbonyl (C=O) groups excluding carboxylic acids is 1. The molecule has 2 rings (SSSR count). The molecule has 0 saturated carbocycles. The van der Waals surface area contributed by atoms with Crippen molar-refractivity contribution in [3.05, 3.63) is 34.9 Å². The van der Waals surface area contributed by atoms with Crippen LogP contribution in [0.15, 0.2) is 24.3 Å². The van der Waals surface area contributed by atoms with E-state index in [0.717, 1.165) is 13.1 Å². The first kappa shape index (κ1) is 12.4. The van der Waals surface area contributed by atoms with Crippen LogP contribution in [0.2, 0.25) is 5.02 Å². The zero-order valence-electron chi connectivity index (χ0n) is 10.1. The summed E-state index contributed by atoms with van der Waals surface area (Å²) < 4.78 is 0. The third-order valence-corrected chi connectivity index (χ3v) is 3.41. The standard InChI is InChI=1S/C13H17ClN2O/c1-9-7-15-8-10(2)16(9)13(17)11-3-5-12(14)6-4-11/h3-6,9-10,15H,7-8H2,1-2H3. The summed E-state index contributed by atoms with van der Waals surface area (Å²) in [7, 11) is 0. The summed E-state index contributed by atoms with van der Waals surface area (Å²) >= 11 is 5.82. The molecule has 4 heteroatoms. The van der Waals surface area contributed by atoms with Gasteiger partial charge in [0.1, 0.15) is 0 Å². The number of hydrogen-bond acceptors (Lipinski definition) is 2. The van der Waals surface area contributed by atoms with Gasteiger partial charge in [0.2, 0.25) is 0 Å². The number of carbonyl (C=O) groups is 1. The van der Waals surface area contributed by atoms with Gasteiger partial charge in [-0.2, -0.15) is 0 Å². The molecular weight excluding hydrogens is 236 g/mol. The highest BCUT2D eigenvalue weighted by atomic mass is 35.5. The van der Waals surface area contributed by atoms with E-state index in [1.165, 1.54) is 0 Å². The van der Waals surface area contributed by atoms with Crippen LogP contribution in [0.3, 0.4) is 0 Å². The molecule has 1 saturated heterocycles. The topological polar surface area (TPSA) is 32.3 Å². The molecule has 0 radical (unpaired) electrons. The molecule has 92 valence electrons. The second-order valence-electron chi connectivity index (χ2n) is 4.58. The molecule has 2 atom stereocenters. The van der Waals surface area contributed by atoms with E-state index in [1.807, 2.05) is 4.90 Å². The largest absolute Gasteiger partial charge is 0.331 e. The van der Waals surface area contributed by atoms with Crippen molar-refractivity contribution in [2.75, 3.05) is 13.1 Å². The Morgan fingerprint density at radius 3 is 2.29 bits per heavy atom. The fourth-order valence-electron chi connectivity index (χ4n) is 2.27. The van der Waals surface area contributed by atoms with Crippen LogP contribution in [0.5, 0.6) is 0 Å². The van der Waals surface area contributed by atoms with Gasteiger partial charge in [0, 0.05) is 35.8 Å². The Hall–Kier alpha value is -1.06. The van der Waals surface area contributed by atoms with E-state index in [2.05, 4.69) is 19.2 Å². The maximum Gasteiger partial charge on any atom is 0.254 e. The van der Waals surface area contributed by atoms with Crippen molar-refractivity contribution in [2.24, 2.45) is 0 Å². The number of piperazine rings is 1. The molecule has 17 heavy (non-hydrogen) atoms. The van der Waals surface area contributed by atoms with E-state index in [4.69, 9.17) is 11.6 Å². The van der Waals surface area contributed by atoms with Crippen LogP contribution >= 0.6 is 11.6 Å². The van der Waals surface area contributed by atoms with Gasteiger partial charge in [-0.25, -0.2) is 0 Å². The fourth-order valence-corrected chi connectivity index (χ4v) is 2.40. The smallest absolute Gasteiger partial charge is 0.254 e. The SMILES string of the molecule is CC1CNCC(C)N1C(=O)c1ccc(Cl)cc1. The quantitative estimate of drug-likeness (QED) is 0.831. The minimum Gasteiger partial charge on any atom is -0.331 e. The van der Waals surface area contributed by atoms with Crippen LogP contribution < -0.4 is 5.32 Å². The molecule has 1 amide bonds. The Kier molecular flexibility index (Phi) is 3.69. The van der Waals surface area contributed by atoms with Crippen molar-refractivity contribution in [1.29, 1.82) is 0 Å². The normalized spacial score (nSPS) is 24.8. The third-order valence-electron chi connectivity index (χ3n) is 3.15. The lowest BCUT2D eigenvalue weighted by molar-refractivity contribution is 0.0544. The summed E-state index contributed by atoms with van der Waals surface area (Å²) in [6.45, 7) is 5.83. The Balaban J connectivity index is 2.20. The Morgan fingerprint density at radius 2 is 1.76 bits per heavy atom. The van der Waals surface area contributed by atoms with Gasteiger partial charge >= 0.3 is 0 Å². The molecule has 1 aliphatic rings. The Morgan fingerprint density at radius 1 is 1.24 bits per heavy atom. The predicted molar refractivity (Wildman–Crippen MR) is 69.4 cm³/mol. The summed E-state index contributed by atoms with van der Waals surface area (Å²) in [5.74, 6) is 0.0863.